The second kappa shape index (κ2) is 4.31. The van der Waals surface area contributed by atoms with Crippen LogP contribution in [-0.2, 0) is 4.79 Å². The molecular formula is C7H6N4O5. The van der Waals surface area contributed by atoms with E-state index in [2.05, 4.69) is 0 Å². The van der Waals surface area contributed by atoms with Gasteiger partial charge >= 0.3 is 5.69 Å². The summed E-state index contributed by atoms with van der Waals surface area (Å²) >= 11 is 0. The minimum Gasteiger partial charge on any atom is -0.277 e. The van der Waals surface area contributed by atoms with Crippen molar-refractivity contribution in [3.63, 3.8) is 0 Å². The van der Waals surface area contributed by atoms with Crippen molar-refractivity contribution in [1.82, 2.24) is 0 Å². The number of nitro benzene ring substituents is 2. The van der Waals surface area contributed by atoms with E-state index in [-0.39, 0.29) is 12.1 Å². The number of hydrazine groups is 1. The van der Waals surface area contributed by atoms with Crippen molar-refractivity contribution in [2.24, 2.45) is 5.84 Å². The smallest absolute Gasteiger partial charge is 0.277 e. The first-order chi connectivity index (χ1) is 7.47. The molecule has 0 aliphatic carbocycles. The number of carbonyl (C=O) groups is 1. The quantitative estimate of drug-likeness (QED) is 0.258. The first kappa shape index (κ1) is 11.5. The molecule has 0 saturated heterocycles. The molecule has 0 atom stereocenters. The van der Waals surface area contributed by atoms with Gasteiger partial charge in [-0.3, -0.25) is 25.0 Å². The molecule has 0 fully saturated rings. The van der Waals surface area contributed by atoms with E-state index in [0.717, 1.165) is 18.2 Å². The van der Waals surface area contributed by atoms with Crippen LogP contribution in [0, 0.1) is 20.2 Å². The molecule has 2 N–H and O–H groups in total. The highest BCUT2D eigenvalue weighted by molar-refractivity contribution is 5.80. The lowest BCUT2D eigenvalue weighted by molar-refractivity contribution is -0.393. The molecule has 1 amide bonds. The number of anilines is 1. The molecule has 0 aliphatic rings. The molecule has 16 heavy (non-hydrogen) atoms. The Morgan fingerprint density at radius 2 is 1.88 bits per heavy atom. The lowest BCUT2D eigenvalue weighted by atomic mass is 10.2. The maximum Gasteiger partial charge on any atom is 0.301 e. The third-order valence-electron chi connectivity index (χ3n) is 1.76. The molecule has 1 aromatic rings. The van der Waals surface area contributed by atoms with E-state index in [9.17, 15) is 25.0 Å². The summed E-state index contributed by atoms with van der Waals surface area (Å²) in [6.45, 7) is 0. The first-order valence-electron chi connectivity index (χ1n) is 3.89. The van der Waals surface area contributed by atoms with Crippen LogP contribution in [0.25, 0.3) is 0 Å². The maximum atomic E-state index is 10.6. The van der Waals surface area contributed by atoms with Crippen LogP contribution in [0.3, 0.4) is 0 Å². The van der Waals surface area contributed by atoms with Gasteiger partial charge in [0.05, 0.1) is 15.9 Å². The van der Waals surface area contributed by atoms with E-state index in [4.69, 9.17) is 5.84 Å². The molecule has 0 spiro atoms. The fourth-order valence-electron chi connectivity index (χ4n) is 1.05. The highest BCUT2D eigenvalue weighted by Gasteiger charge is 2.21. The van der Waals surface area contributed by atoms with Crippen molar-refractivity contribution in [3.8, 4) is 0 Å². The highest BCUT2D eigenvalue weighted by Crippen LogP contribution is 2.29. The van der Waals surface area contributed by atoms with Crippen LogP contribution in [0.15, 0.2) is 18.2 Å². The average molecular weight is 226 g/mol. The topological polar surface area (TPSA) is 133 Å². The zero-order valence-electron chi connectivity index (χ0n) is 7.77. The first-order valence-corrected chi connectivity index (χ1v) is 3.89. The Morgan fingerprint density at radius 3 is 2.31 bits per heavy atom. The number of nitrogens with zero attached hydrogens (tertiary/aromatic N) is 3. The van der Waals surface area contributed by atoms with Gasteiger partial charge in [0.15, 0.2) is 0 Å². The van der Waals surface area contributed by atoms with Crippen molar-refractivity contribution < 1.29 is 14.6 Å². The second-order valence-electron chi connectivity index (χ2n) is 2.70. The van der Waals surface area contributed by atoms with Crippen LogP contribution in [0.1, 0.15) is 0 Å². The van der Waals surface area contributed by atoms with Gasteiger partial charge in [0.1, 0.15) is 5.69 Å². The molecule has 0 saturated carbocycles. The Balaban J connectivity index is 3.35. The molecular weight excluding hydrogens is 220 g/mol. The zero-order valence-corrected chi connectivity index (χ0v) is 7.77. The van der Waals surface area contributed by atoms with Gasteiger partial charge in [-0.1, -0.05) is 0 Å². The minimum atomic E-state index is -0.855. The largest absolute Gasteiger partial charge is 0.301 e. The summed E-state index contributed by atoms with van der Waals surface area (Å²) in [5, 5.41) is 21.5. The number of nitro groups is 2. The van der Waals surface area contributed by atoms with E-state index < -0.39 is 21.2 Å². The lowest BCUT2D eigenvalue weighted by Crippen LogP contribution is -2.29. The van der Waals surface area contributed by atoms with Gasteiger partial charge in [-0.05, 0) is 6.07 Å². The van der Waals surface area contributed by atoms with E-state index in [1.165, 1.54) is 0 Å². The highest BCUT2D eigenvalue weighted by atomic mass is 16.6. The summed E-state index contributed by atoms with van der Waals surface area (Å²) < 4.78 is 0. The minimum absolute atomic E-state index is 0.161. The predicted octanol–water partition coefficient (Wildman–Crippen LogP) is 0.339. The standard InChI is InChI=1S/C7H6N4O5/c8-9(4-12)6-2-1-5(10(13)14)3-7(6)11(15)16/h1-4H,8H2. The number of rotatable bonds is 4. The van der Waals surface area contributed by atoms with Crippen LogP contribution in [0.5, 0.6) is 0 Å². The van der Waals surface area contributed by atoms with Crippen molar-refractivity contribution in [1.29, 1.82) is 0 Å². The van der Waals surface area contributed by atoms with Crippen molar-refractivity contribution in [3.05, 3.63) is 38.4 Å². The van der Waals surface area contributed by atoms with E-state index in [1.54, 1.807) is 0 Å². The van der Waals surface area contributed by atoms with Crippen LogP contribution < -0.4 is 10.9 Å². The van der Waals surface area contributed by atoms with E-state index in [1.807, 2.05) is 0 Å². The molecule has 1 aromatic carbocycles. The van der Waals surface area contributed by atoms with Crippen LogP contribution in [0.2, 0.25) is 0 Å². The van der Waals surface area contributed by atoms with Gasteiger partial charge in [0.25, 0.3) is 5.69 Å². The Kier molecular flexibility index (Phi) is 3.11. The third kappa shape index (κ3) is 2.09. The van der Waals surface area contributed by atoms with Crippen molar-refractivity contribution in [2.45, 2.75) is 0 Å². The summed E-state index contributed by atoms with van der Waals surface area (Å²) in [5.41, 5.74) is -1.27. The number of hydrogen-bond acceptors (Lipinski definition) is 6. The summed E-state index contributed by atoms with van der Waals surface area (Å²) in [4.78, 5) is 29.7. The van der Waals surface area contributed by atoms with E-state index in [0.29, 0.717) is 5.01 Å². The van der Waals surface area contributed by atoms with Gasteiger partial charge in [0.2, 0.25) is 6.41 Å². The summed E-state index contributed by atoms with van der Waals surface area (Å²) in [7, 11) is 0. The third-order valence-corrected chi connectivity index (χ3v) is 1.76. The zero-order chi connectivity index (χ0) is 12.3. The Hall–Kier alpha value is -2.55. The molecule has 1 rings (SSSR count). The molecule has 0 bridgehead atoms. The van der Waals surface area contributed by atoms with Crippen LogP contribution in [0.4, 0.5) is 17.1 Å². The van der Waals surface area contributed by atoms with Gasteiger partial charge in [-0.15, -0.1) is 0 Å². The van der Waals surface area contributed by atoms with Crippen LogP contribution >= 0.6 is 0 Å². The molecule has 0 aromatic heterocycles. The molecule has 9 nitrogen and oxygen atoms in total. The van der Waals surface area contributed by atoms with Crippen molar-refractivity contribution >= 4 is 23.5 Å². The van der Waals surface area contributed by atoms with Gasteiger partial charge in [-0.25, -0.2) is 10.9 Å². The molecule has 0 aliphatic heterocycles. The summed E-state index contributed by atoms with van der Waals surface area (Å²) in [6.07, 6.45) is 0.161. The Morgan fingerprint density at radius 1 is 1.25 bits per heavy atom. The average Bonchev–Trinajstić information content (AvgIpc) is 2.26. The van der Waals surface area contributed by atoms with Gasteiger partial charge < -0.3 is 0 Å². The lowest BCUT2D eigenvalue weighted by Gasteiger charge is -2.09. The number of nitrogens with two attached hydrogens (primary N) is 1. The fraction of sp³-hybridized carbons (Fsp3) is 0. The van der Waals surface area contributed by atoms with Gasteiger partial charge in [-0.2, -0.15) is 0 Å². The monoisotopic (exact) mass is 226 g/mol. The number of carbonyl (C=O) groups excluding carboxylic acids is 1. The number of hydrogen-bond donors (Lipinski definition) is 1. The SMILES string of the molecule is NN(C=O)c1ccc([N+](=O)[O-])cc1[N+](=O)[O-]. The molecule has 0 unspecified atom stereocenters. The van der Waals surface area contributed by atoms with Gasteiger partial charge in [0, 0.05) is 6.07 Å². The fourth-order valence-corrected chi connectivity index (χ4v) is 1.05. The predicted molar refractivity (Wildman–Crippen MR) is 52.5 cm³/mol. The molecule has 84 valence electrons. The van der Waals surface area contributed by atoms with E-state index >= 15 is 0 Å². The summed E-state index contributed by atoms with van der Waals surface area (Å²) in [5.74, 6) is 5.15. The Bertz CT molecular complexity index is 460. The normalized spacial score (nSPS) is 9.56. The maximum absolute atomic E-state index is 10.6. The Labute approximate surface area is 88.3 Å². The second-order valence-corrected chi connectivity index (χ2v) is 2.70. The number of benzene rings is 1. The summed E-state index contributed by atoms with van der Waals surface area (Å²) in [6, 6.07) is 2.79. The molecule has 9 heteroatoms. The molecule has 0 radical (unpaired) electrons. The molecule has 0 heterocycles. The van der Waals surface area contributed by atoms with Crippen LogP contribution in [-0.4, -0.2) is 16.3 Å². The number of non-ortho nitro benzene ring substituents is 1. The van der Waals surface area contributed by atoms with Crippen molar-refractivity contribution in [2.75, 3.05) is 5.01 Å². The number of amides is 1.